The SMILES string of the molecule is CN=C(NCc1ccc(C(N)=O)cc1)N1CCN(C(C)C(F)(F)F)CC1.I. The van der Waals surface area contributed by atoms with Crippen molar-refractivity contribution in [3.05, 3.63) is 35.4 Å². The van der Waals surface area contributed by atoms with Crippen LogP contribution in [0.1, 0.15) is 22.8 Å². The van der Waals surface area contributed by atoms with Crippen molar-refractivity contribution >= 4 is 35.8 Å². The lowest BCUT2D eigenvalue weighted by molar-refractivity contribution is -0.181. The first-order valence-electron chi connectivity index (χ1n) is 8.37. The lowest BCUT2D eigenvalue weighted by atomic mass is 10.1. The minimum atomic E-state index is -4.21. The van der Waals surface area contributed by atoms with Gasteiger partial charge in [-0.2, -0.15) is 13.2 Å². The van der Waals surface area contributed by atoms with Crippen LogP contribution in [-0.2, 0) is 6.54 Å². The van der Waals surface area contributed by atoms with Gasteiger partial charge in [-0.3, -0.25) is 14.7 Å². The average Bonchev–Trinajstić information content (AvgIpc) is 2.61. The molecule has 0 aliphatic carbocycles. The van der Waals surface area contributed by atoms with Crippen molar-refractivity contribution in [2.24, 2.45) is 10.7 Å². The van der Waals surface area contributed by atoms with Gasteiger partial charge in [0.05, 0.1) is 0 Å². The second-order valence-electron chi connectivity index (χ2n) is 6.20. The molecule has 1 aliphatic rings. The molecule has 1 unspecified atom stereocenters. The molecule has 2 rings (SSSR count). The van der Waals surface area contributed by atoms with Gasteiger partial charge in [-0.05, 0) is 24.6 Å². The minimum Gasteiger partial charge on any atom is -0.366 e. The molecule has 1 fully saturated rings. The molecule has 0 aromatic heterocycles. The summed E-state index contributed by atoms with van der Waals surface area (Å²) in [6.07, 6.45) is -4.21. The summed E-state index contributed by atoms with van der Waals surface area (Å²) >= 11 is 0. The standard InChI is InChI=1S/C17H24F3N5O.HI/c1-12(17(18,19)20)24-7-9-25(10-8-24)16(22-2)23-11-13-3-5-14(6-4-13)15(21)26;/h3-6,12H,7-11H2,1-2H3,(H2,21,26)(H,22,23);1H. The summed E-state index contributed by atoms with van der Waals surface area (Å²) in [7, 11) is 1.64. The zero-order chi connectivity index (χ0) is 19.3. The Morgan fingerprint density at radius 1 is 1.22 bits per heavy atom. The van der Waals surface area contributed by atoms with Gasteiger partial charge in [-0.1, -0.05) is 12.1 Å². The van der Waals surface area contributed by atoms with Gasteiger partial charge in [0.15, 0.2) is 5.96 Å². The van der Waals surface area contributed by atoms with Crippen LogP contribution in [0.3, 0.4) is 0 Å². The van der Waals surface area contributed by atoms with Crippen molar-refractivity contribution in [3.8, 4) is 0 Å². The number of piperazine rings is 1. The number of hydrogen-bond donors (Lipinski definition) is 2. The van der Waals surface area contributed by atoms with E-state index in [0.29, 0.717) is 44.2 Å². The molecule has 1 atom stereocenters. The molecule has 152 valence electrons. The highest BCUT2D eigenvalue weighted by molar-refractivity contribution is 14.0. The highest BCUT2D eigenvalue weighted by Crippen LogP contribution is 2.25. The Bertz CT molecular complexity index is 643. The van der Waals surface area contributed by atoms with E-state index in [0.717, 1.165) is 5.56 Å². The predicted molar refractivity (Wildman–Crippen MR) is 109 cm³/mol. The summed E-state index contributed by atoms with van der Waals surface area (Å²) in [5.41, 5.74) is 6.59. The highest BCUT2D eigenvalue weighted by Gasteiger charge is 2.41. The first-order chi connectivity index (χ1) is 12.2. The van der Waals surface area contributed by atoms with E-state index in [-0.39, 0.29) is 24.0 Å². The minimum absolute atomic E-state index is 0. The Kier molecular flexibility index (Phi) is 8.79. The van der Waals surface area contributed by atoms with Crippen LogP contribution in [0.25, 0.3) is 0 Å². The molecule has 0 radical (unpaired) electrons. The number of carbonyl (C=O) groups is 1. The predicted octanol–water partition coefficient (Wildman–Crippen LogP) is 2.05. The van der Waals surface area contributed by atoms with Gasteiger partial charge in [0.2, 0.25) is 5.91 Å². The fourth-order valence-electron chi connectivity index (χ4n) is 2.83. The van der Waals surface area contributed by atoms with Crippen LogP contribution in [0.5, 0.6) is 0 Å². The number of halogens is 4. The van der Waals surface area contributed by atoms with E-state index < -0.39 is 18.1 Å². The molecule has 1 heterocycles. The van der Waals surface area contributed by atoms with Gasteiger partial charge >= 0.3 is 6.18 Å². The van der Waals surface area contributed by atoms with Gasteiger partial charge in [0, 0.05) is 45.3 Å². The number of amides is 1. The second-order valence-corrected chi connectivity index (χ2v) is 6.20. The van der Waals surface area contributed by atoms with Crippen LogP contribution in [0.15, 0.2) is 29.3 Å². The second kappa shape index (κ2) is 10.1. The van der Waals surface area contributed by atoms with Crippen LogP contribution in [0, 0.1) is 0 Å². The summed E-state index contributed by atoms with van der Waals surface area (Å²) in [5, 5.41) is 3.20. The maximum atomic E-state index is 12.8. The summed E-state index contributed by atoms with van der Waals surface area (Å²) in [4.78, 5) is 18.7. The van der Waals surface area contributed by atoms with Crippen molar-refractivity contribution < 1.29 is 18.0 Å². The third-order valence-corrected chi connectivity index (χ3v) is 4.54. The Hall–Kier alpha value is -1.56. The van der Waals surface area contributed by atoms with Crippen LogP contribution in [0.2, 0.25) is 0 Å². The fourth-order valence-corrected chi connectivity index (χ4v) is 2.83. The van der Waals surface area contributed by atoms with Crippen LogP contribution >= 0.6 is 24.0 Å². The Morgan fingerprint density at radius 2 is 1.78 bits per heavy atom. The van der Waals surface area contributed by atoms with E-state index in [1.54, 1.807) is 31.3 Å². The topological polar surface area (TPSA) is 74.0 Å². The van der Waals surface area contributed by atoms with Crippen LogP contribution in [-0.4, -0.2) is 67.1 Å². The van der Waals surface area contributed by atoms with Crippen molar-refractivity contribution in [1.82, 2.24) is 15.1 Å². The molecule has 0 saturated carbocycles. The van der Waals surface area contributed by atoms with Gasteiger partial charge in [-0.25, -0.2) is 0 Å². The normalized spacial score (nSPS) is 17.2. The van der Waals surface area contributed by atoms with E-state index in [2.05, 4.69) is 10.3 Å². The number of primary amides is 1. The lowest BCUT2D eigenvalue weighted by Gasteiger charge is -2.39. The molecule has 3 N–H and O–H groups in total. The monoisotopic (exact) mass is 499 g/mol. The smallest absolute Gasteiger partial charge is 0.366 e. The molecule has 27 heavy (non-hydrogen) atoms. The maximum absolute atomic E-state index is 12.8. The number of alkyl halides is 3. The molecular weight excluding hydrogens is 474 g/mol. The molecule has 0 bridgehead atoms. The number of nitrogens with one attached hydrogen (secondary N) is 1. The summed E-state index contributed by atoms with van der Waals surface area (Å²) < 4.78 is 38.5. The molecule has 1 aromatic carbocycles. The molecule has 1 aliphatic heterocycles. The largest absolute Gasteiger partial charge is 0.403 e. The van der Waals surface area contributed by atoms with Gasteiger partial charge in [-0.15, -0.1) is 24.0 Å². The van der Waals surface area contributed by atoms with Crippen molar-refractivity contribution in [1.29, 1.82) is 0 Å². The number of nitrogens with zero attached hydrogens (tertiary/aromatic N) is 3. The summed E-state index contributed by atoms with van der Waals surface area (Å²) in [6, 6.07) is 5.45. The zero-order valence-corrected chi connectivity index (χ0v) is 17.6. The molecule has 1 aromatic rings. The number of aliphatic imine (C=N–C) groups is 1. The molecular formula is C17H25F3IN5O. The summed E-state index contributed by atoms with van der Waals surface area (Å²) in [5.74, 6) is 0.162. The first-order valence-corrected chi connectivity index (χ1v) is 8.37. The number of nitrogens with two attached hydrogens (primary N) is 1. The maximum Gasteiger partial charge on any atom is 0.403 e. The molecule has 1 amide bonds. The quantitative estimate of drug-likeness (QED) is 0.378. The molecule has 1 saturated heterocycles. The Morgan fingerprint density at radius 3 is 2.22 bits per heavy atom. The average molecular weight is 499 g/mol. The van der Waals surface area contributed by atoms with Crippen molar-refractivity contribution in [2.45, 2.75) is 25.7 Å². The van der Waals surface area contributed by atoms with E-state index in [1.807, 2.05) is 4.90 Å². The van der Waals surface area contributed by atoms with E-state index in [1.165, 1.54) is 11.8 Å². The van der Waals surface area contributed by atoms with Crippen molar-refractivity contribution in [3.63, 3.8) is 0 Å². The van der Waals surface area contributed by atoms with E-state index in [4.69, 9.17) is 5.73 Å². The van der Waals surface area contributed by atoms with Gasteiger partial charge in [0.1, 0.15) is 6.04 Å². The number of hydrogen-bond acceptors (Lipinski definition) is 3. The number of guanidine groups is 1. The summed E-state index contributed by atoms with van der Waals surface area (Å²) in [6.45, 7) is 3.29. The number of carbonyl (C=O) groups excluding carboxylic acids is 1. The van der Waals surface area contributed by atoms with E-state index >= 15 is 0 Å². The highest BCUT2D eigenvalue weighted by atomic mass is 127. The number of benzene rings is 1. The van der Waals surface area contributed by atoms with Gasteiger partial charge < -0.3 is 16.0 Å². The first kappa shape index (κ1) is 23.5. The molecule has 0 spiro atoms. The third kappa shape index (κ3) is 6.52. The molecule has 6 nitrogen and oxygen atoms in total. The van der Waals surface area contributed by atoms with Crippen molar-refractivity contribution in [2.75, 3.05) is 33.2 Å². The zero-order valence-electron chi connectivity index (χ0n) is 15.3. The van der Waals surface area contributed by atoms with Crippen LogP contribution in [0.4, 0.5) is 13.2 Å². The molecule has 10 heteroatoms. The van der Waals surface area contributed by atoms with Crippen LogP contribution < -0.4 is 11.1 Å². The third-order valence-electron chi connectivity index (χ3n) is 4.54. The fraction of sp³-hybridized carbons (Fsp3) is 0.529. The lowest BCUT2D eigenvalue weighted by Crippen LogP contribution is -2.56. The Balaban J connectivity index is 0.00000364. The Labute approximate surface area is 174 Å². The van der Waals surface area contributed by atoms with E-state index in [9.17, 15) is 18.0 Å². The number of rotatable bonds is 4. The van der Waals surface area contributed by atoms with Gasteiger partial charge in [0.25, 0.3) is 0 Å².